The topological polar surface area (TPSA) is 81.4 Å². The maximum absolute atomic E-state index is 11.8. The van der Waals surface area contributed by atoms with Crippen LogP contribution >= 0.6 is 0 Å². The summed E-state index contributed by atoms with van der Waals surface area (Å²) in [6.45, 7) is 0.693. The van der Waals surface area contributed by atoms with Gasteiger partial charge in [0.25, 0.3) is 0 Å². The van der Waals surface area contributed by atoms with Crippen LogP contribution in [-0.2, 0) is 9.53 Å². The summed E-state index contributed by atoms with van der Waals surface area (Å²) in [5, 5.41) is 2.75. The third kappa shape index (κ3) is 5.40. The molecule has 0 unspecified atom stereocenters. The van der Waals surface area contributed by atoms with Crippen molar-refractivity contribution in [3.63, 3.8) is 0 Å². The summed E-state index contributed by atoms with van der Waals surface area (Å²) in [5.74, 6) is -0.544. The van der Waals surface area contributed by atoms with Gasteiger partial charge in [0.1, 0.15) is 0 Å². The lowest BCUT2D eigenvalue weighted by atomic mass is 10.1. The number of carbonyl (C=O) groups is 2. The lowest BCUT2D eigenvalue weighted by Crippen LogP contribution is -2.14. The van der Waals surface area contributed by atoms with Crippen molar-refractivity contribution in [1.29, 1.82) is 0 Å². The molecule has 0 aromatic heterocycles. The van der Waals surface area contributed by atoms with Crippen LogP contribution in [0.4, 0.5) is 5.69 Å². The van der Waals surface area contributed by atoms with E-state index < -0.39 is 5.97 Å². The van der Waals surface area contributed by atoms with E-state index in [1.807, 2.05) is 0 Å². The monoisotopic (exact) mass is 278 g/mol. The molecule has 1 aromatic rings. The summed E-state index contributed by atoms with van der Waals surface area (Å²) in [5.41, 5.74) is 6.27. The second-order valence-corrected chi connectivity index (χ2v) is 4.54. The molecule has 0 aliphatic heterocycles. The molecule has 0 atom stereocenters. The standard InChI is InChI=1S/C15H22N2O3/c1-20-15(19)12-8-5-6-9-13(12)17-14(18)10-4-2-3-7-11-16/h5-6,8-9H,2-4,7,10-11,16H2,1H3,(H,17,18). The minimum Gasteiger partial charge on any atom is -0.465 e. The van der Waals surface area contributed by atoms with Crippen LogP contribution in [0.2, 0.25) is 0 Å². The van der Waals surface area contributed by atoms with Gasteiger partial charge in [0.15, 0.2) is 0 Å². The Kier molecular flexibility index (Phi) is 7.35. The van der Waals surface area contributed by atoms with Crippen molar-refractivity contribution < 1.29 is 14.3 Å². The van der Waals surface area contributed by atoms with Crippen LogP contribution in [0.5, 0.6) is 0 Å². The molecule has 0 aliphatic carbocycles. The number of benzene rings is 1. The SMILES string of the molecule is COC(=O)c1ccccc1NC(=O)CCCCCCN. The Hall–Kier alpha value is -1.88. The summed E-state index contributed by atoms with van der Waals surface area (Å²) in [6, 6.07) is 6.82. The van der Waals surface area contributed by atoms with Gasteiger partial charge in [-0.2, -0.15) is 0 Å². The first-order chi connectivity index (χ1) is 9.69. The van der Waals surface area contributed by atoms with Crippen molar-refractivity contribution >= 4 is 17.6 Å². The van der Waals surface area contributed by atoms with Crippen molar-refractivity contribution in [1.82, 2.24) is 0 Å². The summed E-state index contributed by atoms with van der Waals surface area (Å²) in [6.07, 6.45) is 4.30. The molecule has 5 nitrogen and oxygen atoms in total. The molecule has 0 radical (unpaired) electrons. The molecule has 0 aliphatic rings. The molecule has 0 spiro atoms. The molecule has 5 heteroatoms. The molecule has 0 saturated carbocycles. The summed E-state index contributed by atoms with van der Waals surface area (Å²) < 4.78 is 4.68. The molecule has 1 rings (SSSR count). The van der Waals surface area contributed by atoms with Gasteiger partial charge >= 0.3 is 5.97 Å². The molecule has 1 aromatic carbocycles. The number of amides is 1. The van der Waals surface area contributed by atoms with E-state index in [0.29, 0.717) is 24.2 Å². The van der Waals surface area contributed by atoms with E-state index in [0.717, 1.165) is 25.7 Å². The fourth-order valence-corrected chi connectivity index (χ4v) is 1.88. The van der Waals surface area contributed by atoms with Crippen LogP contribution < -0.4 is 11.1 Å². The van der Waals surface area contributed by atoms with Crippen molar-refractivity contribution in [2.75, 3.05) is 19.0 Å². The Morgan fingerprint density at radius 1 is 1.15 bits per heavy atom. The van der Waals surface area contributed by atoms with Crippen molar-refractivity contribution in [2.45, 2.75) is 32.1 Å². The Morgan fingerprint density at radius 3 is 2.55 bits per heavy atom. The van der Waals surface area contributed by atoms with Gasteiger partial charge in [0.2, 0.25) is 5.91 Å². The number of carbonyl (C=O) groups excluding carboxylic acids is 2. The number of anilines is 1. The van der Waals surface area contributed by atoms with Crippen LogP contribution in [0.25, 0.3) is 0 Å². The molecule has 0 saturated heterocycles. The summed E-state index contributed by atoms with van der Waals surface area (Å²) >= 11 is 0. The Labute approximate surface area is 119 Å². The average molecular weight is 278 g/mol. The Morgan fingerprint density at radius 2 is 1.85 bits per heavy atom. The van der Waals surface area contributed by atoms with Crippen LogP contribution in [0.15, 0.2) is 24.3 Å². The normalized spacial score (nSPS) is 10.1. The highest BCUT2D eigenvalue weighted by Gasteiger charge is 2.12. The first kappa shape index (κ1) is 16.2. The third-order valence-electron chi connectivity index (χ3n) is 2.96. The van der Waals surface area contributed by atoms with E-state index in [9.17, 15) is 9.59 Å². The van der Waals surface area contributed by atoms with Gasteiger partial charge in [-0.15, -0.1) is 0 Å². The van der Waals surface area contributed by atoms with Gasteiger partial charge in [-0.3, -0.25) is 4.79 Å². The minimum absolute atomic E-state index is 0.0888. The molecule has 3 N–H and O–H groups in total. The molecule has 0 fully saturated rings. The van der Waals surface area contributed by atoms with Gasteiger partial charge in [0.05, 0.1) is 18.4 Å². The summed E-state index contributed by atoms with van der Waals surface area (Å²) in [7, 11) is 1.32. The van der Waals surface area contributed by atoms with E-state index in [1.54, 1.807) is 24.3 Å². The Bertz CT molecular complexity index is 446. The highest BCUT2D eigenvalue weighted by atomic mass is 16.5. The highest BCUT2D eigenvalue weighted by Crippen LogP contribution is 2.16. The van der Waals surface area contributed by atoms with E-state index >= 15 is 0 Å². The molecule has 0 bridgehead atoms. The van der Waals surface area contributed by atoms with E-state index in [1.165, 1.54) is 7.11 Å². The predicted molar refractivity (Wildman–Crippen MR) is 78.6 cm³/mol. The zero-order valence-electron chi connectivity index (χ0n) is 11.9. The van der Waals surface area contributed by atoms with E-state index in [-0.39, 0.29) is 5.91 Å². The second kappa shape index (κ2) is 9.09. The van der Waals surface area contributed by atoms with Crippen LogP contribution in [0, 0.1) is 0 Å². The van der Waals surface area contributed by atoms with Crippen molar-refractivity contribution in [2.24, 2.45) is 5.73 Å². The molecule has 0 heterocycles. The largest absolute Gasteiger partial charge is 0.465 e. The fraction of sp³-hybridized carbons (Fsp3) is 0.467. The number of para-hydroxylation sites is 1. The first-order valence-electron chi connectivity index (χ1n) is 6.86. The van der Waals surface area contributed by atoms with Crippen LogP contribution in [0.3, 0.4) is 0 Å². The van der Waals surface area contributed by atoms with E-state index in [4.69, 9.17) is 5.73 Å². The van der Waals surface area contributed by atoms with Crippen molar-refractivity contribution in [3.8, 4) is 0 Å². The predicted octanol–water partition coefficient (Wildman–Crippen LogP) is 2.32. The number of hydrogen-bond donors (Lipinski definition) is 2. The Balaban J connectivity index is 2.47. The van der Waals surface area contributed by atoms with Gasteiger partial charge in [-0.25, -0.2) is 4.79 Å². The maximum Gasteiger partial charge on any atom is 0.339 e. The second-order valence-electron chi connectivity index (χ2n) is 4.54. The number of esters is 1. The molecule has 110 valence electrons. The number of nitrogens with two attached hydrogens (primary N) is 1. The average Bonchev–Trinajstić information content (AvgIpc) is 2.47. The number of ether oxygens (including phenoxy) is 1. The van der Waals surface area contributed by atoms with Gasteiger partial charge in [0, 0.05) is 6.42 Å². The summed E-state index contributed by atoms with van der Waals surface area (Å²) in [4.78, 5) is 23.4. The number of rotatable bonds is 8. The number of unbranched alkanes of at least 4 members (excludes halogenated alkanes) is 3. The maximum atomic E-state index is 11.8. The third-order valence-corrected chi connectivity index (χ3v) is 2.96. The van der Waals surface area contributed by atoms with Gasteiger partial charge in [-0.05, 0) is 31.5 Å². The minimum atomic E-state index is -0.455. The molecule has 1 amide bonds. The first-order valence-corrected chi connectivity index (χ1v) is 6.86. The van der Waals surface area contributed by atoms with Crippen molar-refractivity contribution in [3.05, 3.63) is 29.8 Å². The number of nitrogens with one attached hydrogen (secondary N) is 1. The molecular weight excluding hydrogens is 256 g/mol. The molecule has 20 heavy (non-hydrogen) atoms. The number of hydrogen-bond acceptors (Lipinski definition) is 4. The quantitative estimate of drug-likeness (QED) is 0.565. The molecular formula is C15H22N2O3. The lowest BCUT2D eigenvalue weighted by molar-refractivity contribution is -0.116. The lowest BCUT2D eigenvalue weighted by Gasteiger charge is -2.09. The van der Waals surface area contributed by atoms with Gasteiger partial charge < -0.3 is 15.8 Å². The van der Waals surface area contributed by atoms with E-state index in [2.05, 4.69) is 10.1 Å². The smallest absolute Gasteiger partial charge is 0.339 e. The number of methoxy groups -OCH3 is 1. The van der Waals surface area contributed by atoms with Crippen LogP contribution in [0.1, 0.15) is 42.5 Å². The zero-order valence-corrected chi connectivity index (χ0v) is 11.9. The van der Waals surface area contributed by atoms with Gasteiger partial charge in [-0.1, -0.05) is 25.0 Å². The van der Waals surface area contributed by atoms with Crippen LogP contribution in [-0.4, -0.2) is 25.5 Å². The highest BCUT2D eigenvalue weighted by molar-refractivity contribution is 6.01. The fourth-order valence-electron chi connectivity index (χ4n) is 1.88. The zero-order chi connectivity index (χ0) is 14.8.